The largest absolute Gasteiger partial charge is 0.325 e. The number of aryl methyl sites for hydroxylation is 3. The molecule has 2 aromatic rings. The van der Waals surface area contributed by atoms with Gasteiger partial charge < -0.3 is 10.2 Å². The molecule has 0 aromatic heterocycles. The van der Waals surface area contributed by atoms with Crippen LogP contribution in [0.4, 0.5) is 0 Å². The highest BCUT2D eigenvalue weighted by Gasteiger charge is 2.38. The number of rotatable bonds is 3. The van der Waals surface area contributed by atoms with Crippen molar-refractivity contribution in [1.82, 2.24) is 10.2 Å². The van der Waals surface area contributed by atoms with Crippen molar-refractivity contribution in [3.63, 3.8) is 0 Å². The van der Waals surface area contributed by atoms with Crippen LogP contribution in [-0.4, -0.2) is 49.0 Å². The molecule has 2 heterocycles. The molecule has 9 heteroatoms. The molecular formula is C26H30N4O4S. The van der Waals surface area contributed by atoms with Crippen LogP contribution in [0.5, 0.6) is 0 Å². The number of benzene rings is 2. The first-order chi connectivity index (χ1) is 16.5. The molecule has 0 spiro atoms. The molecule has 4 rings (SSSR count). The summed E-state index contributed by atoms with van der Waals surface area (Å²) in [6.07, 6.45) is 2.45. The monoisotopic (exact) mass is 494 g/mol. The van der Waals surface area contributed by atoms with Crippen molar-refractivity contribution in [1.29, 1.82) is 10.5 Å². The van der Waals surface area contributed by atoms with Gasteiger partial charge in [0.1, 0.15) is 6.04 Å². The zero-order valence-corrected chi connectivity index (χ0v) is 21.0. The van der Waals surface area contributed by atoms with Crippen molar-refractivity contribution in [2.24, 2.45) is 0 Å². The highest BCUT2D eigenvalue weighted by Crippen LogP contribution is 2.33. The van der Waals surface area contributed by atoms with E-state index < -0.39 is 10.1 Å². The summed E-state index contributed by atoms with van der Waals surface area (Å²) in [6, 6.07) is 13.8. The van der Waals surface area contributed by atoms with E-state index in [0.717, 1.165) is 42.5 Å². The second-order valence-electron chi connectivity index (χ2n) is 9.14. The number of likely N-dealkylation sites (tertiary alicyclic amines) is 1. The van der Waals surface area contributed by atoms with Crippen LogP contribution in [-0.2, 0) is 14.9 Å². The Hall–Kier alpha value is -3.24. The number of hydrogen-bond donors (Lipinski definition) is 2. The van der Waals surface area contributed by atoms with Gasteiger partial charge in [-0.05, 0) is 86.9 Å². The van der Waals surface area contributed by atoms with Crippen molar-refractivity contribution in [2.45, 2.75) is 62.9 Å². The van der Waals surface area contributed by atoms with Crippen LogP contribution in [0.15, 0.2) is 41.3 Å². The van der Waals surface area contributed by atoms with Gasteiger partial charge >= 0.3 is 0 Å². The molecule has 2 fully saturated rings. The molecule has 2 N–H and O–H groups in total. The number of nitrogens with one attached hydrogen (secondary N) is 1. The van der Waals surface area contributed by atoms with Crippen molar-refractivity contribution >= 4 is 16.0 Å². The first-order valence-electron chi connectivity index (χ1n) is 11.5. The summed E-state index contributed by atoms with van der Waals surface area (Å²) >= 11 is 0. The summed E-state index contributed by atoms with van der Waals surface area (Å²) in [5.74, 6) is 0.334. The van der Waals surface area contributed by atoms with E-state index in [1.54, 1.807) is 17.0 Å². The fraction of sp³-hybridized carbons (Fsp3) is 0.423. The zero-order chi connectivity index (χ0) is 25.8. The summed E-state index contributed by atoms with van der Waals surface area (Å²) < 4.78 is 29.6. The zero-order valence-electron chi connectivity index (χ0n) is 20.2. The average Bonchev–Trinajstić information content (AvgIpc) is 3.48. The minimum atomic E-state index is -4.02. The molecule has 8 nitrogen and oxygen atoms in total. The van der Waals surface area contributed by atoms with E-state index >= 15 is 0 Å². The van der Waals surface area contributed by atoms with Gasteiger partial charge in [-0.15, -0.1) is 0 Å². The molecule has 0 saturated carbocycles. The normalized spacial score (nSPS) is 21.5. The minimum absolute atomic E-state index is 0.0606. The van der Waals surface area contributed by atoms with E-state index in [1.807, 2.05) is 32.9 Å². The fourth-order valence-corrected chi connectivity index (χ4v) is 5.38. The standard InChI is InChI=1S/C19H22N4O.C7H8O3S/c1-12-6-14(9-20)7-13(2)18(12)15-8-17(22-11-15)19(24)23-5-3-4-16(23)10-21;1-6-2-4-7(5-3-6)11(8,9)10/h6-7,15-17,22H,3-5,8,11H2,1-2H3;2-5H,1H3,(H,8,9,10)/t15-,16-,17-;/m0./s1. The smallest absolute Gasteiger partial charge is 0.294 e. The molecule has 0 aliphatic carbocycles. The van der Waals surface area contributed by atoms with E-state index in [-0.39, 0.29) is 28.8 Å². The first kappa shape index (κ1) is 26.4. The molecule has 2 aromatic carbocycles. The Balaban J connectivity index is 0.000000261. The SMILES string of the molecule is Cc1cc(C#N)cc(C)c1[C@@H]1CN[C@H](C(=O)N2CCC[C@H]2C#N)C1.Cc1ccc(S(=O)(=O)O)cc1. The number of hydrogen-bond acceptors (Lipinski definition) is 6. The summed E-state index contributed by atoms with van der Waals surface area (Å²) in [6.45, 7) is 7.35. The van der Waals surface area contributed by atoms with E-state index in [4.69, 9.17) is 9.81 Å². The predicted octanol–water partition coefficient (Wildman–Crippen LogP) is 3.38. The van der Waals surface area contributed by atoms with Crippen LogP contribution in [0.25, 0.3) is 0 Å². The molecule has 2 aliphatic rings. The highest BCUT2D eigenvalue weighted by molar-refractivity contribution is 7.85. The maximum Gasteiger partial charge on any atom is 0.294 e. The average molecular weight is 495 g/mol. The quantitative estimate of drug-likeness (QED) is 0.625. The molecule has 3 atom stereocenters. The van der Waals surface area contributed by atoms with Gasteiger partial charge in [-0.3, -0.25) is 9.35 Å². The van der Waals surface area contributed by atoms with Gasteiger partial charge in [0.15, 0.2) is 0 Å². The molecule has 184 valence electrons. The van der Waals surface area contributed by atoms with E-state index in [2.05, 4.69) is 17.5 Å². The topological polar surface area (TPSA) is 134 Å². The van der Waals surface area contributed by atoms with Gasteiger partial charge in [-0.25, -0.2) is 0 Å². The third kappa shape index (κ3) is 6.26. The number of amides is 1. The van der Waals surface area contributed by atoms with Gasteiger partial charge in [0.25, 0.3) is 10.1 Å². The Morgan fingerprint density at radius 3 is 2.29 bits per heavy atom. The van der Waals surface area contributed by atoms with Crippen molar-refractivity contribution < 1.29 is 17.8 Å². The molecule has 2 saturated heterocycles. The summed E-state index contributed by atoms with van der Waals surface area (Å²) in [5, 5.41) is 21.6. The third-order valence-electron chi connectivity index (χ3n) is 6.56. The Morgan fingerprint density at radius 1 is 1.11 bits per heavy atom. The minimum Gasteiger partial charge on any atom is -0.325 e. The van der Waals surface area contributed by atoms with Crippen LogP contribution in [0, 0.1) is 43.4 Å². The fourth-order valence-electron chi connectivity index (χ4n) is 4.90. The molecule has 0 bridgehead atoms. The van der Waals surface area contributed by atoms with Gasteiger partial charge in [0.05, 0.1) is 28.6 Å². The lowest BCUT2D eigenvalue weighted by atomic mass is 9.87. The second kappa shape index (κ2) is 11.0. The molecule has 1 amide bonds. The van der Waals surface area contributed by atoms with E-state index in [9.17, 15) is 18.5 Å². The van der Waals surface area contributed by atoms with Crippen LogP contribution in [0.2, 0.25) is 0 Å². The molecule has 0 radical (unpaired) electrons. The van der Waals surface area contributed by atoms with Crippen LogP contribution >= 0.6 is 0 Å². The van der Waals surface area contributed by atoms with Crippen LogP contribution in [0.3, 0.4) is 0 Å². The third-order valence-corrected chi connectivity index (χ3v) is 7.43. The maximum absolute atomic E-state index is 12.7. The summed E-state index contributed by atoms with van der Waals surface area (Å²) in [7, 11) is -4.02. The van der Waals surface area contributed by atoms with Gasteiger partial charge in [0, 0.05) is 13.1 Å². The lowest BCUT2D eigenvalue weighted by Gasteiger charge is -2.23. The van der Waals surface area contributed by atoms with Gasteiger partial charge in [-0.2, -0.15) is 18.9 Å². The van der Waals surface area contributed by atoms with Crippen LogP contribution < -0.4 is 5.32 Å². The molecule has 35 heavy (non-hydrogen) atoms. The van der Waals surface area contributed by atoms with E-state index in [1.165, 1.54) is 17.7 Å². The number of nitriles is 2. The van der Waals surface area contributed by atoms with Gasteiger partial charge in [0.2, 0.25) is 5.91 Å². The Kier molecular flexibility index (Phi) is 8.29. The van der Waals surface area contributed by atoms with Crippen molar-refractivity contribution in [2.75, 3.05) is 13.1 Å². The van der Waals surface area contributed by atoms with Crippen molar-refractivity contribution in [3.8, 4) is 12.1 Å². The summed E-state index contributed by atoms with van der Waals surface area (Å²) in [4.78, 5) is 14.4. The Bertz CT molecular complexity index is 1250. The molecule has 2 aliphatic heterocycles. The van der Waals surface area contributed by atoms with Gasteiger partial charge in [-0.1, -0.05) is 17.7 Å². The number of carbonyl (C=O) groups is 1. The lowest BCUT2D eigenvalue weighted by Crippen LogP contribution is -2.45. The Labute approximate surface area is 206 Å². The maximum atomic E-state index is 12.7. The second-order valence-corrected chi connectivity index (χ2v) is 10.6. The molecular weight excluding hydrogens is 464 g/mol. The predicted molar refractivity (Wildman–Crippen MR) is 131 cm³/mol. The molecule has 0 unspecified atom stereocenters. The Morgan fingerprint density at radius 2 is 1.74 bits per heavy atom. The summed E-state index contributed by atoms with van der Waals surface area (Å²) in [5.41, 5.74) is 5.11. The number of nitrogens with zero attached hydrogens (tertiary/aromatic N) is 3. The highest BCUT2D eigenvalue weighted by atomic mass is 32.2. The first-order valence-corrected chi connectivity index (χ1v) is 13.0. The van der Waals surface area contributed by atoms with Crippen molar-refractivity contribution in [3.05, 3.63) is 64.2 Å². The lowest BCUT2D eigenvalue weighted by molar-refractivity contribution is -0.133. The van der Waals surface area contributed by atoms with E-state index in [0.29, 0.717) is 12.1 Å². The van der Waals surface area contributed by atoms with Crippen LogP contribution in [0.1, 0.15) is 53.0 Å². The number of carbonyl (C=O) groups excluding carboxylic acids is 1.